The summed E-state index contributed by atoms with van der Waals surface area (Å²) in [5.41, 5.74) is 1.33. The summed E-state index contributed by atoms with van der Waals surface area (Å²) in [5.74, 6) is 0.305. The first kappa shape index (κ1) is 15.0. The Morgan fingerprint density at radius 3 is 2.80 bits per heavy atom. The van der Waals surface area contributed by atoms with Crippen molar-refractivity contribution in [2.75, 3.05) is 19.5 Å². The predicted molar refractivity (Wildman–Crippen MR) is 78.7 cm³/mol. The zero-order chi connectivity index (χ0) is 14.6. The van der Waals surface area contributed by atoms with Gasteiger partial charge in [0, 0.05) is 5.38 Å². The van der Waals surface area contributed by atoms with Crippen molar-refractivity contribution in [3.8, 4) is 16.3 Å². The van der Waals surface area contributed by atoms with Crippen LogP contribution in [-0.4, -0.2) is 38.0 Å². The molecule has 0 unspecified atom stereocenters. The molecule has 1 heterocycles. The molecule has 0 fully saturated rings. The molecule has 2 rings (SSSR count). The summed E-state index contributed by atoms with van der Waals surface area (Å²) in [6.45, 7) is -0.369. The summed E-state index contributed by atoms with van der Waals surface area (Å²) in [4.78, 5) is 4.33. The molecular formula is C13H15NO4S2. The van der Waals surface area contributed by atoms with Crippen molar-refractivity contribution < 1.29 is 18.3 Å². The van der Waals surface area contributed by atoms with Gasteiger partial charge in [-0.15, -0.1) is 11.3 Å². The molecule has 2 aromatic rings. The maximum Gasteiger partial charge on any atom is 0.158 e. The highest BCUT2D eigenvalue weighted by atomic mass is 32.2. The number of hydrogen-bond acceptors (Lipinski definition) is 6. The van der Waals surface area contributed by atoms with Crippen molar-refractivity contribution in [2.45, 2.75) is 5.75 Å². The molecule has 20 heavy (non-hydrogen) atoms. The van der Waals surface area contributed by atoms with Crippen LogP contribution < -0.4 is 4.74 Å². The first-order valence-corrected chi connectivity index (χ1v) is 8.65. The lowest BCUT2D eigenvalue weighted by atomic mass is 10.2. The molecule has 5 nitrogen and oxygen atoms in total. The third-order valence-corrected chi connectivity index (χ3v) is 5.12. The number of thiazole rings is 1. The summed E-state index contributed by atoms with van der Waals surface area (Å²) in [5, 5.41) is 11.2. The lowest BCUT2D eigenvalue weighted by Gasteiger charge is -2.04. The molecule has 0 atom stereocenters. The van der Waals surface area contributed by atoms with E-state index < -0.39 is 9.84 Å². The number of ether oxygens (including phenoxy) is 1. The van der Waals surface area contributed by atoms with E-state index in [1.165, 1.54) is 11.3 Å². The topological polar surface area (TPSA) is 76.5 Å². The van der Waals surface area contributed by atoms with Crippen LogP contribution in [-0.2, 0) is 15.6 Å². The highest BCUT2D eigenvalue weighted by Gasteiger charge is 2.15. The minimum absolute atomic E-state index is 0.154. The van der Waals surface area contributed by atoms with Crippen LogP contribution >= 0.6 is 11.3 Å². The van der Waals surface area contributed by atoms with Crippen molar-refractivity contribution in [2.24, 2.45) is 0 Å². The van der Waals surface area contributed by atoms with Gasteiger partial charge >= 0.3 is 0 Å². The van der Waals surface area contributed by atoms with E-state index in [0.29, 0.717) is 11.4 Å². The van der Waals surface area contributed by atoms with Crippen molar-refractivity contribution in [1.29, 1.82) is 0 Å². The molecule has 7 heteroatoms. The van der Waals surface area contributed by atoms with E-state index in [9.17, 15) is 8.42 Å². The Morgan fingerprint density at radius 1 is 1.35 bits per heavy atom. The van der Waals surface area contributed by atoms with Gasteiger partial charge in [-0.25, -0.2) is 13.4 Å². The highest BCUT2D eigenvalue weighted by Crippen LogP contribution is 2.32. The number of methoxy groups -OCH3 is 1. The summed E-state index contributed by atoms with van der Waals surface area (Å²) < 4.78 is 28.6. The molecule has 0 amide bonds. The second-order valence-electron chi connectivity index (χ2n) is 4.16. The third-order valence-electron chi connectivity index (χ3n) is 2.66. The zero-order valence-electron chi connectivity index (χ0n) is 10.9. The molecule has 1 aromatic heterocycles. The van der Waals surface area contributed by atoms with Crippen molar-refractivity contribution in [3.63, 3.8) is 0 Å². The highest BCUT2D eigenvalue weighted by molar-refractivity contribution is 7.90. The van der Waals surface area contributed by atoms with Crippen molar-refractivity contribution >= 4 is 21.2 Å². The zero-order valence-corrected chi connectivity index (χ0v) is 12.6. The summed E-state index contributed by atoms with van der Waals surface area (Å²) >= 11 is 1.37. The largest absolute Gasteiger partial charge is 0.496 e. The Kier molecular flexibility index (Phi) is 4.74. The van der Waals surface area contributed by atoms with Crippen LogP contribution in [0, 0.1) is 0 Å². The van der Waals surface area contributed by atoms with E-state index in [0.717, 1.165) is 10.6 Å². The lowest BCUT2D eigenvalue weighted by Crippen LogP contribution is -2.12. The van der Waals surface area contributed by atoms with Crippen LogP contribution in [0.2, 0.25) is 0 Å². The first-order valence-electron chi connectivity index (χ1n) is 5.95. The first-order chi connectivity index (χ1) is 9.55. The van der Waals surface area contributed by atoms with Crippen LogP contribution in [0.4, 0.5) is 0 Å². The minimum atomic E-state index is -3.31. The van der Waals surface area contributed by atoms with Gasteiger partial charge < -0.3 is 9.84 Å². The molecule has 1 N–H and O–H groups in total. The Labute approximate surface area is 121 Å². The average molecular weight is 313 g/mol. The van der Waals surface area contributed by atoms with Gasteiger partial charge in [0.05, 0.1) is 36.5 Å². The Morgan fingerprint density at radius 2 is 2.10 bits per heavy atom. The molecule has 0 saturated heterocycles. The SMILES string of the molecule is COc1ccccc1-c1nc(CS(=O)(=O)CCO)cs1. The maximum atomic E-state index is 11.6. The fourth-order valence-corrected chi connectivity index (χ4v) is 3.73. The maximum absolute atomic E-state index is 11.6. The fourth-order valence-electron chi connectivity index (χ4n) is 1.75. The number of hydrogen-bond donors (Lipinski definition) is 1. The van der Waals surface area contributed by atoms with E-state index in [4.69, 9.17) is 9.84 Å². The Balaban J connectivity index is 2.25. The molecular weight excluding hydrogens is 298 g/mol. The lowest BCUT2D eigenvalue weighted by molar-refractivity contribution is 0.319. The molecule has 0 spiro atoms. The van der Waals surface area contributed by atoms with Gasteiger partial charge in [-0.05, 0) is 12.1 Å². The Bertz CT molecular complexity index is 679. The molecule has 1 aromatic carbocycles. The molecule has 0 radical (unpaired) electrons. The number of aromatic nitrogens is 1. The molecule has 0 aliphatic carbocycles. The van der Waals surface area contributed by atoms with Gasteiger partial charge in [-0.2, -0.15) is 0 Å². The number of benzene rings is 1. The normalized spacial score (nSPS) is 11.5. The molecule has 108 valence electrons. The van der Waals surface area contributed by atoms with E-state index in [2.05, 4.69) is 4.98 Å². The monoisotopic (exact) mass is 313 g/mol. The molecule has 0 aliphatic heterocycles. The number of sulfone groups is 1. The number of rotatable bonds is 6. The molecule has 0 aliphatic rings. The minimum Gasteiger partial charge on any atom is -0.496 e. The van der Waals surface area contributed by atoms with Gasteiger partial charge in [0.1, 0.15) is 10.8 Å². The summed E-state index contributed by atoms with van der Waals surface area (Å²) in [6, 6.07) is 7.45. The van der Waals surface area contributed by atoms with Crippen molar-refractivity contribution in [3.05, 3.63) is 35.3 Å². The van der Waals surface area contributed by atoms with Crippen molar-refractivity contribution in [1.82, 2.24) is 4.98 Å². The molecule has 0 saturated carbocycles. The summed E-state index contributed by atoms with van der Waals surface area (Å²) in [6.07, 6.45) is 0. The number of aliphatic hydroxyl groups excluding tert-OH is 1. The van der Waals surface area contributed by atoms with Gasteiger partial charge in [0.25, 0.3) is 0 Å². The second-order valence-corrected chi connectivity index (χ2v) is 7.20. The van der Waals surface area contributed by atoms with Gasteiger partial charge in [0.15, 0.2) is 9.84 Å². The van der Waals surface area contributed by atoms with E-state index in [1.54, 1.807) is 12.5 Å². The third kappa shape index (κ3) is 3.56. The van der Waals surface area contributed by atoms with Crippen LogP contribution in [0.25, 0.3) is 10.6 Å². The number of para-hydroxylation sites is 1. The standard InChI is InChI=1S/C13H15NO4S2/c1-18-12-5-3-2-4-11(12)13-14-10(8-19-13)9-20(16,17)7-6-15/h2-5,8,15H,6-7,9H2,1H3. The van der Waals surface area contributed by atoms with E-state index in [-0.39, 0.29) is 18.1 Å². The van der Waals surface area contributed by atoms with Gasteiger partial charge in [0.2, 0.25) is 0 Å². The predicted octanol–water partition coefficient (Wildman–Crippen LogP) is 1.73. The van der Waals surface area contributed by atoms with Crippen LogP contribution in [0.3, 0.4) is 0 Å². The average Bonchev–Trinajstić information content (AvgIpc) is 2.86. The second kappa shape index (κ2) is 6.34. The van der Waals surface area contributed by atoms with Crippen LogP contribution in [0.15, 0.2) is 29.6 Å². The number of nitrogens with zero attached hydrogens (tertiary/aromatic N) is 1. The van der Waals surface area contributed by atoms with E-state index in [1.807, 2.05) is 24.3 Å². The van der Waals surface area contributed by atoms with Gasteiger partial charge in [-0.3, -0.25) is 0 Å². The smallest absolute Gasteiger partial charge is 0.158 e. The van der Waals surface area contributed by atoms with Crippen LogP contribution in [0.5, 0.6) is 5.75 Å². The Hall–Kier alpha value is -1.44. The van der Waals surface area contributed by atoms with E-state index >= 15 is 0 Å². The molecule has 0 bridgehead atoms. The quantitative estimate of drug-likeness (QED) is 0.879. The fraction of sp³-hybridized carbons (Fsp3) is 0.308. The number of aliphatic hydroxyl groups is 1. The van der Waals surface area contributed by atoms with Crippen LogP contribution in [0.1, 0.15) is 5.69 Å². The summed E-state index contributed by atoms with van der Waals surface area (Å²) in [7, 11) is -1.72. The van der Waals surface area contributed by atoms with Gasteiger partial charge in [-0.1, -0.05) is 12.1 Å².